The summed E-state index contributed by atoms with van der Waals surface area (Å²) in [5, 5.41) is 1.29. The monoisotopic (exact) mass is 183 g/mol. The summed E-state index contributed by atoms with van der Waals surface area (Å²) < 4.78 is 0.497. The van der Waals surface area contributed by atoms with Gasteiger partial charge < -0.3 is 4.90 Å². The van der Waals surface area contributed by atoms with Crippen LogP contribution in [-0.4, -0.2) is 41.4 Å². The Morgan fingerprint density at radius 3 is 2.58 bits per heavy atom. The van der Waals surface area contributed by atoms with Gasteiger partial charge in [0.25, 0.3) is 0 Å². The van der Waals surface area contributed by atoms with Gasteiger partial charge in [-0.15, -0.1) is 11.8 Å². The second kappa shape index (κ2) is 3.04. The van der Waals surface area contributed by atoms with Crippen LogP contribution in [0.25, 0.3) is 0 Å². The van der Waals surface area contributed by atoms with Crippen LogP contribution in [0, 0.1) is 0 Å². The molecule has 0 aromatic carbocycles. The highest BCUT2D eigenvalue weighted by atomic mass is 32.2. The molecule has 1 fully saturated rings. The van der Waals surface area contributed by atoms with Crippen LogP contribution < -0.4 is 0 Å². The lowest BCUT2D eigenvalue weighted by atomic mass is 9.95. The molecule has 0 aliphatic carbocycles. The third-order valence-electron chi connectivity index (χ3n) is 2.85. The Bertz CT molecular complexity index is 205. The van der Waals surface area contributed by atoms with Crippen molar-refractivity contribution in [1.82, 2.24) is 4.90 Å². The normalized spacial score (nSPS) is 29.3. The minimum Gasteiger partial charge on any atom is -0.306 e. The van der Waals surface area contributed by atoms with E-state index in [1.54, 1.807) is 0 Å². The molecule has 0 unspecified atom stereocenters. The van der Waals surface area contributed by atoms with Gasteiger partial charge in [-0.05, 0) is 39.9 Å². The zero-order valence-corrected chi connectivity index (χ0v) is 8.65. The summed E-state index contributed by atoms with van der Waals surface area (Å²) in [5.41, 5.74) is 0. The Morgan fingerprint density at radius 2 is 2.08 bits per heavy atom. The largest absolute Gasteiger partial charge is 0.306 e. The van der Waals surface area contributed by atoms with E-state index in [1.165, 1.54) is 31.0 Å². The predicted octanol–water partition coefficient (Wildman–Crippen LogP) is 1.62. The van der Waals surface area contributed by atoms with Crippen LogP contribution in [0.15, 0.2) is 4.99 Å². The van der Waals surface area contributed by atoms with Crippen LogP contribution in [0.2, 0.25) is 0 Å². The molecule has 0 saturated carbocycles. The van der Waals surface area contributed by atoms with Crippen molar-refractivity contribution in [2.24, 2.45) is 4.99 Å². The second-order valence-electron chi connectivity index (χ2n) is 3.92. The summed E-state index contributed by atoms with van der Waals surface area (Å²) in [6, 6.07) is 0. The molecule has 1 spiro atoms. The van der Waals surface area contributed by atoms with Gasteiger partial charge in [-0.2, -0.15) is 0 Å². The standard InChI is InChI=1S/C9H16N2S/c1-8-10-7-9(12-8)3-5-11(2)6-4-9/h3-7H2,1-2H3/i2-1. The first kappa shape index (κ1) is 8.57. The fraction of sp³-hybridized carbons (Fsp3) is 0.889. The molecule has 2 aliphatic rings. The third kappa shape index (κ3) is 1.52. The molecular weight excluding hydrogens is 167 g/mol. The number of piperidine rings is 1. The average molecular weight is 183 g/mol. The van der Waals surface area contributed by atoms with E-state index in [0.29, 0.717) is 4.75 Å². The van der Waals surface area contributed by atoms with Gasteiger partial charge in [-0.1, -0.05) is 0 Å². The molecular formula is C9H16N2S. The van der Waals surface area contributed by atoms with Gasteiger partial charge in [0.1, 0.15) is 0 Å². The predicted molar refractivity (Wildman–Crippen MR) is 55.0 cm³/mol. The first-order valence-corrected chi connectivity index (χ1v) is 5.40. The molecule has 0 radical (unpaired) electrons. The number of aliphatic imine (C=N–C) groups is 1. The van der Waals surface area contributed by atoms with Gasteiger partial charge in [0.15, 0.2) is 0 Å². The van der Waals surface area contributed by atoms with Crippen LogP contribution in [-0.2, 0) is 0 Å². The van der Waals surface area contributed by atoms with Crippen LogP contribution in [0.5, 0.6) is 0 Å². The average Bonchev–Trinajstić information content (AvgIpc) is 2.40. The van der Waals surface area contributed by atoms with Gasteiger partial charge in [-0.3, -0.25) is 4.99 Å². The molecule has 1 saturated heterocycles. The Kier molecular flexibility index (Phi) is 2.17. The lowest BCUT2D eigenvalue weighted by molar-refractivity contribution is 0.244. The van der Waals surface area contributed by atoms with Crippen molar-refractivity contribution in [3.63, 3.8) is 0 Å². The van der Waals surface area contributed by atoms with Crippen LogP contribution >= 0.6 is 11.8 Å². The summed E-state index contributed by atoms with van der Waals surface area (Å²) >= 11 is 2.01. The highest BCUT2D eigenvalue weighted by molar-refractivity contribution is 8.15. The van der Waals surface area contributed by atoms with Crippen molar-refractivity contribution >= 4 is 16.8 Å². The Hall–Kier alpha value is -0.0200. The van der Waals surface area contributed by atoms with E-state index in [1.807, 2.05) is 11.8 Å². The van der Waals surface area contributed by atoms with E-state index < -0.39 is 0 Å². The number of nitrogens with zero attached hydrogens (tertiary/aromatic N) is 2. The van der Waals surface area contributed by atoms with E-state index in [4.69, 9.17) is 0 Å². The van der Waals surface area contributed by atoms with E-state index in [-0.39, 0.29) is 0 Å². The zero-order valence-electron chi connectivity index (χ0n) is 7.84. The summed E-state index contributed by atoms with van der Waals surface area (Å²) in [4.78, 5) is 6.92. The van der Waals surface area contributed by atoms with Gasteiger partial charge in [0.2, 0.25) is 0 Å². The van der Waals surface area contributed by atoms with E-state index in [9.17, 15) is 0 Å². The molecule has 3 heteroatoms. The molecule has 2 rings (SSSR count). The maximum absolute atomic E-state index is 4.50. The topological polar surface area (TPSA) is 15.6 Å². The molecule has 0 aromatic rings. The van der Waals surface area contributed by atoms with Crippen LogP contribution in [0.4, 0.5) is 0 Å². The lowest BCUT2D eigenvalue weighted by Gasteiger charge is -2.36. The van der Waals surface area contributed by atoms with Gasteiger partial charge in [0.05, 0.1) is 11.6 Å². The SMILES string of the molecule is CC1=NCC2(CCN([11CH3])CC2)S1. The molecule has 0 aromatic heterocycles. The second-order valence-corrected chi connectivity index (χ2v) is 5.58. The lowest BCUT2D eigenvalue weighted by Crippen LogP contribution is -2.41. The number of hydrogen-bond donors (Lipinski definition) is 0. The van der Waals surface area contributed by atoms with Crippen molar-refractivity contribution in [1.29, 1.82) is 0 Å². The van der Waals surface area contributed by atoms with Crippen molar-refractivity contribution in [2.45, 2.75) is 24.5 Å². The van der Waals surface area contributed by atoms with Crippen LogP contribution in [0.3, 0.4) is 0 Å². The Labute approximate surface area is 78.4 Å². The minimum absolute atomic E-state index is 0.497. The summed E-state index contributed by atoms with van der Waals surface area (Å²) in [6.45, 7) is 5.70. The first-order valence-electron chi connectivity index (χ1n) is 4.59. The van der Waals surface area contributed by atoms with Crippen molar-refractivity contribution in [3.05, 3.63) is 0 Å². The molecule has 0 bridgehead atoms. The van der Waals surface area contributed by atoms with Crippen molar-refractivity contribution in [3.8, 4) is 0 Å². The third-order valence-corrected chi connectivity index (χ3v) is 4.25. The minimum atomic E-state index is 0.497. The summed E-state index contributed by atoms with van der Waals surface area (Å²) in [6.07, 6.45) is 2.63. The molecule has 68 valence electrons. The number of hydrogen-bond acceptors (Lipinski definition) is 3. The van der Waals surface area contributed by atoms with Crippen molar-refractivity contribution in [2.75, 3.05) is 26.7 Å². The van der Waals surface area contributed by atoms with Gasteiger partial charge in [-0.25, -0.2) is 0 Å². The number of likely N-dealkylation sites (tertiary alicyclic amines) is 1. The first-order chi connectivity index (χ1) is 5.70. The van der Waals surface area contributed by atoms with Gasteiger partial charge in [0, 0.05) is 4.75 Å². The molecule has 2 aliphatic heterocycles. The Morgan fingerprint density at radius 1 is 1.42 bits per heavy atom. The van der Waals surface area contributed by atoms with Gasteiger partial charge >= 0.3 is 0 Å². The van der Waals surface area contributed by atoms with E-state index in [2.05, 4.69) is 23.9 Å². The quantitative estimate of drug-likeness (QED) is 0.567. The van der Waals surface area contributed by atoms with Crippen molar-refractivity contribution < 1.29 is 0 Å². The molecule has 0 atom stereocenters. The van der Waals surface area contributed by atoms with E-state index >= 15 is 0 Å². The maximum Gasteiger partial charge on any atom is 0.0651 e. The molecule has 2 nitrogen and oxygen atoms in total. The number of rotatable bonds is 0. The molecule has 0 amide bonds. The fourth-order valence-electron chi connectivity index (χ4n) is 1.92. The highest BCUT2D eigenvalue weighted by Gasteiger charge is 2.37. The molecule has 2 heterocycles. The smallest absolute Gasteiger partial charge is 0.0651 e. The molecule has 0 N–H and O–H groups in total. The Balaban J connectivity index is 1.97. The zero-order chi connectivity index (χ0) is 8.60. The highest BCUT2D eigenvalue weighted by Crippen LogP contribution is 2.40. The fourth-order valence-corrected chi connectivity index (χ4v) is 3.19. The van der Waals surface area contributed by atoms with E-state index in [0.717, 1.165) is 6.54 Å². The summed E-state index contributed by atoms with van der Waals surface area (Å²) in [7, 11) is 2.21. The maximum atomic E-state index is 4.50. The summed E-state index contributed by atoms with van der Waals surface area (Å²) in [5.74, 6) is 0. The number of thioether (sulfide) groups is 1. The van der Waals surface area contributed by atoms with Crippen LogP contribution in [0.1, 0.15) is 19.8 Å². The molecule has 12 heavy (non-hydrogen) atoms.